The molecule has 2 aromatic rings. The van der Waals surface area contributed by atoms with Crippen LogP contribution in [-0.4, -0.2) is 17.7 Å². The van der Waals surface area contributed by atoms with Crippen molar-refractivity contribution in [2.24, 2.45) is 0 Å². The minimum atomic E-state index is 0.757. The SMILES string of the molecule is CCCCCNCCn1ccc2c(C#N)cccc21. The zero-order chi connectivity index (χ0) is 13.5. The molecule has 1 aromatic heterocycles. The molecule has 0 saturated carbocycles. The van der Waals surface area contributed by atoms with E-state index in [4.69, 9.17) is 5.26 Å². The largest absolute Gasteiger partial charge is 0.346 e. The smallest absolute Gasteiger partial charge is 0.0998 e. The Morgan fingerprint density at radius 3 is 2.89 bits per heavy atom. The Bertz CT molecular complexity index is 563. The summed E-state index contributed by atoms with van der Waals surface area (Å²) in [4.78, 5) is 0. The van der Waals surface area contributed by atoms with Crippen LogP contribution < -0.4 is 5.32 Å². The molecule has 0 atom stereocenters. The van der Waals surface area contributed by atoms with Crippen LogP contribution in [0.25, 0.3) is 10.9 Å². The van der Waals surface area contributed by atoms with Gasteiger partial charge in [-0.15, -0.1) is 0 Å². The highest BCUT2D eigenvalue weighted by Gasteiger charge is 2.04. The highest BCUT2D eigenvalue weighted by molar-refractivity contribution is 5.85. The molecule has 0 amide bonds. The number of unbranched alkanes of at least 4 members (excludes halogenated alkanes) is 2. The van der Waals surface area contributed by atoms with Gasteiger partial charge in [-0.3, -0.25) is 0 Å². The molecule has 2 rings (SSSR count). The molecule has 0 saturated heterocycles. The fourth-order valence-electron chi connectivity index (χ4n) is 2.34. The molecule has 1 heterocycles. The van der Waals surface area contributed by atoms with Gasteiger partial charge in [0, 0.05) is 30.2 Å². The zero-order valence-electron chi connectivity index (χ0n) is 11.5. The molecule has 0 aliphatic heterocycles. The van der Waals surface area contributed by atoms with E-state index in [0.29, 0.717) is 0 Å². The van der Waals surface area contributed by atoms with E-state index in [1.807, 2.05) is 18.2 Å². The van der Waals surface area contributed by atoms with Crippen molar-refractivity contribution in [3.8, 4) is 6.07 Å². The standard InChI is InChI=1S/C16H21N3/c1-2-3-4-9-18-10-12-19-11-8-15-14(13-17)6-5-7-16(15)19/h5-8,11,18H,2-4,9-10,12H2,1H3. The minimum absolute atomic E-state index is 0.757. The van der Waals surface area contributed by atoms with E-state index in [1.54, 1.807) is 0 Å². The number of nitriles is 1. The number of benzene rings is 1. The summed E-state index contributed by atoms with van der Waals surface area (Å²) in [5.74, 6) is 0. The maximum absolute atomic E-state index is 9.07. The van der Waals surface area contributed by atoms with Crippen LogP contribution in [0.4, 0.5) is 0 Å². The van der Waals surface area contributed by atoms with E-state index in [0.717, 1.165) is 36.1 Å². The molecule has 0 radical (unpaired) electrons. The summed E-state index contributed by atoms with van der Waals surface area (Å²) in [6.07, 6.45) is 5.88. The van der Waals surface area contributed by atoms with Crippen LogP contribution in [0, 0.1) is 11.3 Å². The predicted octanol–water partition coefficient (Wildman–Crippen LogP) is 3.29. The molecule has 19 heavy (non-hydrogen) atoms. The summed E-state index contributed by atoms with van der Waals surface area (Å²) >= 11 is 0. The van der Waals surface area contributed by atoms with Crippen molar-refractivity contribution in [1.29, 1.82) is 5.26 Å². The molecule has 1 aromatic carbocycles. The fraction of sp³-hybridized carbons (Fsp3) is 0.438. The minimum Gasteiger partial charge on any atom is -0.346 e. The van der Waals surface area contributed by atoms with Crippen molar-refractivity contribution in [2.45, 2.75) is 32.7 Å². The first kappa shape index (κ1) is 13.6. The third-order valence-electron chi connectivity index (χ3n) is 3.42. The van der Waals surface area contributed by atoms with Gasteiger partial charge in [0.05, 0.1) is 11.6 Å². The maximum Gasteiger partial charge on any atom is 0.0998 e. The Morgan fingerprint density at radius 1 is 1.21 bits per heavy atom. The molecule has 0 aliphatic carbocycles. The Labute approximate surface area is 114 Å². The molecular weight excluding hydrogens is 234 g/mol. The molecule has 100 valence electrons. The first-order valence-corrected chi connectivity index (χ1v) is 7.05. The van der Waals surface area contributed by atoms with Gasteiger partial charge in [0.1, 0.15) is 0 Å². The number of nitrogens with zero attached hydrogens (tertiary/aromatic N) is 2. The third-order valence-corrected chi connectivity index (χ3v) is 3.42. The van der Waals surface area contributed by atoms with Gasteiger partial charge in [-0.25, -0.2) is 0 Å². The van der Waals surface area contributed by atoms with Crippen LogP contribution in [-0.2, 0) is 6.54 Å². The topological polar surface area (TPSA) is 40.8 Å². The molecule has 1 N–H and O–H groups in total. The average molecular weight is 255 g/mol. The molecule has 0 spiro atoms. The van der Waals surface area contributed by atoms with Crippen LogP contribution in [0.5, 0.6) is 0 Å². The van der Waals surface area contributed by atoms with Crippen LogP contribution in [0.15, 0.2) is 30.5 Å². The number of rotatable bonds is 7. The van der Waals surface area contributed by atoms with E-state index in [2.05, 4.69) is 35.1 Å². The lowest BCUT2D eigenvalue weighted by atomic mass is 10.1. The summed E-state index contributed by atoms with van der Waals surface area (Å²) in [6.45, 7) is 5.24. The van der Waals surface area contributed by atoms with Crippen molar-refractivity contribution in [1.82, 2.24) is 9.88 Å². The monoisotopic (exact) mass is 255 g/mol. The maximum atomic E-state index is 9.07. The van der Waals surface area contributed by atoms with Crippen LogP contribution in [0.2, 0.25) is 0 Å². The Morgan fingerprint density at radius 2 is 2.11 bits per heavy atom. The lowest BCUT2D eigenvalue weighted by molar-refractivity contribution is 0.576. The molecule has 0 bridgehead atoms. The molecule has 3 heteroatoms. The van der Waals surface area contributed by atoms with Gasteiger partial charge < -0.3 is 9.88 Å². The van der Waals surface area contributed by atoms with E-state index in [-0.39, 0.29) is 0 Å². The van der Waals surface area contributed by atoms with Crippen molar-refractivity contribution >= 4 is 10.9 Å². The quantitative estimate of drug-likeness (QED) is 0.771. The first-order valence-electron chi connectivity index (χ1n) is 7.05. The second-order valence-corrected chi connectivity index (χ2v) is 4.82. The number of hydrogen-bond donors (Lipinski definition) is 1. The zero-order valence-corrected chi connectivity index (χ0v) is 11.5. The highest BCUT2D eigenvalue weighted by atomic mass is 15.0. The van der Waals surface area contributed by atoms with E-state index in [1.165, 1.54) is 19.3 Å². The molecular formula is C16H21N3. The summed E-state index contributed by atoms with van der Waals surface area (Å²) in [7, 11) is 0. The van der Waals surface area contributed by atoms with Gasteiger partial charge >= 0.3 is 0 Å². The predicted molar refractivity (Wildman–Crippen MR) is 79.0 cm³/mol. The molecule has 3 nitrogen and oxygen atoms in total. The normalized spacial score (nSPS) is 10.7. The Kier molecular flexibility index (Phi) is 5.00. The van der Waals surface area contributed by atoms with Crippen molar-refractivity contribution in [2.75, 3.05) is 13.1 Å². The second-order valence-electron chi connectivity index (χ2n) is 4.82. The van der Waals surface area contributed by atoms with E-state index in [9.17, 15) is 0 Å². The second kappa shape index (κ2) is 6.96. The number of aromatic nitrogens is 1. The van der Waals surface area contributed by atoms with E-state index >= 15 is 0 Å². The summed E-state index contributed by atoms with van der Waals surface area (Å²) in [5.41, 5.74) is 1.90. The van der Waals surface area contributed by atoms with Gasteiger partial charge in [0.25, 0.3) is 0 Å². The first-order chi connectivity index (χ1) is 9.36. The van der Waals surface area contributed by atoms with Gasteiger partial charge in [0.15, 0.2) is 0 Å². The Hall–Kier alpha value is -1.79. The van der Waals surface area contributed by atoms with Crippen molar-refractivity contribution in [3.63, 3.8) is 0 Å². The van der Waals surface area contributed by atoms with Crippen molar-refractivity contribution in [3.05, 3.63) is 36.0 Å². The fourth-order valence-corrected chi connectivity index (χ4v) is 2.34. The van der Waals surface area contributed by atoms with Gasteiger partial charge in [0.2, 0.25) is 0 Å². The molecule has 0 aliphatic rings. The number of hydrogen-bond acceptors (Lipinski definition) is 2. The Balaban J connectivity index is 1.93. The lowest BCUT2D eigenvalue weighted by Gasteiger charge is -2.07. The third kappa shape index (κ3) is 3.36. The lowest BCUT2D eigenvalue weighted by Crippen LogP contribution is -2.20. The molecule has 0 unspecified atom stereocenters. The van der Waals surface area contributed by atoms with Gasteiger partial charge in [-0.05, 0) is 31.2 Å². The summed E-state index contributed by atoms with van der Waals surface area (Å²) in [6, 6.07) is 10.2. The van der Waals surface area contributed by atoms with Gasteiger partial charge in [-0.2, -0.15) is 5.26 Å². The average Bonchev–Trinajstić information content (AvgIpc) is 2.86. The molecule has 0 fully saturated rings. The van der Waals surface area contributed by atoms with Crippen LogP contribution >= 0.6 is 0 Å². The van der Waals surface area contributed by atoms with Crippen LogP contribution in [0.1, 0.15) is 31.7 Å². The summed E-state index contributed by atoms with van der Waals surface area (Å²) in [5, 5.41) is 13.6. The number of fused-ring (bicyclic) bond motifs is 1. The summed E-state index contributed by atoms with van der Waals surface area (Å²) < 4.78 is 2.21. The van der Waals surface area contributed by atoms with Gasteiger partial charge in [-0.1, -0.05) is 25.8 Å². The highest BCUT2D eigenvalue weighted by Crippen LogP contribution is 2.19. The van der Waals surface area contributed by atoms with E-state index < -0.39 is 0 Å². The van der Waals surface area contributed by atoms with Crippen LogP contribution in [0.3, 0.4) is 0 Å². The van der Waals surface area contributed by atoms with Crippen molar-refractivity contribution < 1.29 is 0 Å². The number of nitrogens with one attached hydrogen (secondary N) is 1.